The minimum atomic E-state index is -4.62. The number of hydrogen-bond acceptors (Lipinski definition) is 3. The number of nitrogen functional groups attached to an aromatic ring is 1. The van der Waals surface area contributed by atoms with Gasteiger partial charge in [-0.15, -0.1) is 13.2 Å². The van der Waals surface area contributed by atoms with E-state index in [-0.39, 0.29) is 6.61 Å². The van der Waals surface area contributed by atoms with Gasteiger partial charge in [-0.25, -0.2) is 0 Å². The Bertz CT molecular complexity index is 391. The first kappa shape index (κ1) is 13.6. The van der Waals surface area contributed by atoms with Gasteiger partial charge in [-0.2, -0.15) is 0 Å². The minimum Gasteiger partial charge on any atom is -0.491 e. The molecular weight excluding hydrogens is 235 g/mol. The second kappa shape index (κ2) is 5.27. The average molecular weight is 249 g/mol. The van der Waals surface area contributed by atoms with E-state index in [1.807, 2.05) is 13.0 Å². The molecule has 0 saturated heterocycles. The average Bonchev–Trinajstić information content (AvgIpc) is 2.18. The molecule has 0 aromatic heterocycles. The van der Waals surface area contributed by atoms with Crippen molar-refractivity contribution in [3.05, 3.63) is 23.3 Å². The van der Waals surface area contributed by atoms with Crippen LogP contribution in [0, 0.1) is 13.8 Å². The third-order valence-corrected chi connectivity index (χ3v) is 2.17. The van der Waals surface area contributed by atoms with Crippen LogP contribution in [0.2, 0.25) is 0 Å². The van der Waals surface area contributed by atoms with Crippen LogP contribution in [-0.2, 0) is 4.74 Å². The highest BCUT2D eigenvalue weighted by Gasteiger charge is 2.28. The van der Waals surface area contributed by atoms with Crippen molar-refractivity contribution in [1.29, 1.82) is 0 Å². The maximum atomic E-state index is 11.7. The number of aryl methyl sites for hydroxylation is 2. The van der Waals surface area contributed by atoms with Gasteiger partial charge in [0.05, 0.1) is 6.61 Å². The Morgan fingerprint density at radius 2 is 1.76 bits per heavy atom. The predicted octanol–water partition coefficient (Wildman–Crippen LogP) is 2.80. The number of nitrogens with two attached hydrogens (primary N) is 1. The Balaban J connectivity index is 2.50. The zero-order valence-electron chi connectivity index (χ0n) is 9.60. The third-order valence-electron chi connectivity index (χ3n) is 2.17. The Kier molecular flexibility index (Phi) is 4.22. The fourth-order valence-electron chi connectivity index (χ4n) is 1.31. The number of ether oxygens (including phenoxy) is 2. The van der Waals surface area contributed by atoms with Crippen molar-refractivity contribution >= 4 is 5.69 Å². The molecule has 0 aliphatic heterocycles. The highest BCUT2D eigenvalue weighted by Crippen LogP contribution is 2.24. The Morgan fingerprint density at radius 1 is 1.12 bits per heavy atom. The van der Waals surface area contributed by atoms with Gasteiger partial charge in [-0.1, -0.05) is 6.07 Å². The maximum Gasteiger partial charge on any atom is 0.522 e. The molecule has 1 rings (SSSR count). The summed E-state index contributed by atoms with van der Waals surface area (Å²) >= 11 is 0. The molecule has 2 N–H and O–H groups in total. The van der Waals surface area contributed by atoms with E-state index in [9.17, 15) is 13.2 Å². The Morgan fingerprint density at radius 3 is 2.35 bits per heavy atom. The molecule has 96 valence electrons. The molecule has 0 aliphatic carbocycles. The van der Waals surface area contributed by atoms with E-state index in [1.54, 1.807) is 13.0 Å². The highest BCUT2D eigenvalue weighted by molar-refractivity contribution is 5.54. The van der Waals surface area contributed by atoms with Crippen molar-refractivity contribution in [3.63, 3.8) is 0 Å². The van der Waals surface area contributed by atoms with Crippen molar-refractivity contribution in [3.8, 4) is 5.75 Å². The molecule has 0 aliphatic rings. The lowest BCUT2D eigenvalue weighted by Gasteiger charge is -2.12. The van der Waals surface area contributed by atoms with E-state index in [4.69, 9.17) is 10.5 Å². The van der Waals surface area contributed by atoms with Crippen LogP contribution in [0.3, 0.4) is 0 Å². The second-order valence-corrected chi connectivity index (χ2v) is 3.62. The van der Waals surface area contributed by atoms with Crippen molar-refractivity contribution in [2.24, 2.45) is 0 Å². The van der Waals surface area contributed by atoms with E-state index in [2.05, 4.69) is 4.74 Å². The summed E-state index contributed by atoms with van der Waals surface area (Å²) < 4.78 is 43.8. The molecule has 0 spiro atoms. The first-order valence-electron chi connectivity index (χ1n) is 5.00. The topological polar surface area (TPSA) is 44.5 Å². The van der Waals surface area contributed by atoms with Crippen molar-refractivity contribution in [2.45, 2.75) is 20.2 Å². The Labute approximate surface area is 97.3 Å². The first-order valence-corrected chi connectivity index (χ1v) is 5.00. The SMILES string of the molecule is Cc1cc(C)c(OCCOC(F)(F)F)cc1N. The summed E-state index contributed by atoms with van der Waals surface area (Å²) in [7, 11) is 0. The number of benzene rings is 1. The summed E-state index contributed by atoms with van der Waals surface area (Å²) in [6.07, 6.45) is -4.62. The van der Waals surface area contributed by atoms with Gasteiger partial charge in [0.15, 0.2) is 0 Å². The number of hydrogen-bond donors (Lipinski definition) is 1. The number of halogens is 3. The molecule has 0 bridgehead atoms. The standard InChI is InChI=1S/C11H14F3NO2/c1-7-5-8(2)10(6-9(7)15)16-3-4-17-11(12,13)14/h5-6H,3-4,15H2,1-2H3. The molecule has 1 aromatic rings. The fraction of sp³-hybridized carbons (Fsp3) is 0.455. The molecule has 0 fully saturated rings. The smallest absolute Gasteiger partial charge is 0.491 e. The van der Waals surface area contributed by atoms with Gasteiger partial charge in [0.1, 0.15) is 12.4 Å². The van der Waals surface area contributed by atoms with Gasteiger partial charge in [-0.05, 0) is 25.0 Å². The van der Waals surface area contributed by atoms with Crippen LogP contribution >= 0.6 is 0 Å². The van der Waals surface area contributed by atoms with Crippen LogP contribution in [0.5, 0.6) is 5.75 Å². The van der Waals surface area contributed by atoms with Gasteiger partial charge in [0.2, 0.25) is 0 Å². The summed E-state index contributed by atoms with van der Waals surface area (Å²) in [6.45, 7) is 2.92. The van der Waals surface area contributed by atoms with Gasteiger partial charge < -0.3 is 10.5 Å². The molecule has 0 heterocycles. The lowest BCUT2D eigenvalue weighted by molar-refractivity contribution is -0.325. The summed E-state index contributed by atoms with van der Waals surface area (Å²) in [5, 5.41) is 0. The van der Waals surface area contributed by atoms with E-state index in [1.165, 1.54) is 0 Å². The van der Waals surface area contributed by atoms with Crippen LogP contribution in [0.4, 0.5) is 18.9 Å². The van der Waals surface area contributed by atoms with E-state index < -0.39 is 13.0 Å². The molecule has 3 nitrogen and oxygen atoms in total. The molecule has 0 amide bonds. The third kappa shape index (κ3) is 4.52. The summed E-state index contributed by atoms with van der Waals surface area (Å²) in [6, 6.07) is 3.41. The Hall–Kier alpha value is -1.43. The van der Waals surface area contributed by atoms with Gasteiger partial charge in [-0.3, -0.25) is 4.74 Å². The molecule has 1 aromatic carbocycles. The lowest BCUT2D eigenvalue weighted by atomic mass is 10.1. The van der Waals surface area contributed by atoms with Crippen molar-refractivity contribution < 1.29 is 22.6 Å². The van der Waals surface area contributed by atoms with Crippen molar-refractivity contribution in [2.75, 3.05) is 18.9 Å². The van der Waals surface area contributed by atoms with Crippen LogP contribution in [0.15, 0.2) is 12.1 Å². The molecule has 17 heavy (non-hydrogen) atoms. The quantitative estimate of drug-likeness (QED) is 0.659. The van der Waals surface area contributed by atoms with Crippen LogP contribution in [0.25, 0.3) is 0 Å². The highest BCUT2D eigenvalue weighted by atomic mass is 19.4. The minimum absolute atomic E-state index is 0.178. The zero-order chi connectivity index (χ0) is 13.1. The molecular formula is C11H14F3NO2. The molecule has 6 heteroatoms. The second-order valence-electron chi connectivity index (χ2n) is 3.62. The lowest BCUT2D eigenvalue weighted by Crippen LogP contribution is -2.18. The van der Waals surface area contributed by atoms with E-state index >= 15 is 0 Å². The van der Waals surface area contributed by atoms with Gasteiger partial charge in [0, 0.05) is 11.8 Å². The van der Waals surface area contributed by atoms with Crippen molar-refractivity contribution in [1.82, 2.24) is 0 Å². The normalized spacial score (nSPS) is 11.6. The van der Waals surface area contributed by atoms with Crippen LogP contribution in [0.1, 0.15) is 11.1 Å². The van der Waals surface area contributed by atoms with Crippen LogP contribution in [-0.4, -0.2) is 19.6 Å². The first-order chi connectivity index (χ1) is 7.79. The van der Waals surface area contributed by atoms with E-state index in [0.717, 1.165) is 11.1 Å². The largest absolute Gasteiger partial charge is 0.522 e. The van der Waals surface area contributed by atoms with Crippen LogP contribution < -0.4 is 10.5 Å². The number of alkyl halides is 3. The fourth-order valence-corrected chi connectivity index (χ4v) is 1.31. The van der Waals surface area contributed by atoms with Gasteiger partial charge in [0.25, 0.3) is 0 Å². The number of rotatable bonds is 4. The monoisotopic (exact) mass is 249 g/mol. The molecule has 0 unspecified atom stereocenters. The zero-order valence-corrected chi connectivity index (χ0v) is 9.60. The summed E-state index contributed by atoms with van der Waals surface area (Å²) in [4.78, 5) is 0. The maximum absolute atomic E-state index is 11.7. The predicted molar refractivity (Wildman–Crippen MR) is 57.8 cm³/mol. The van der Waals surface area contributed by atoms with Gasteiger partial charge >= 0.3 is 6.36 Å². The molecule has 0 radical (unpaired) electrons. The molecule has 0 saturated carbocycles. The summed E-state index contributed by atoms with van der Waals surface area (Å²) in [5.74, 6) is 0.471. The molecule has 0 atom stereocenters. The summed E-state index contributed by atoms with van der Waals surface area (Å²) in [5.41, 5.74) is 7.94. The number of anilines is 1. The van der Waals surface area contributed by atoms with E-state index in [0.29, 0.717) is 11.4 Å².